The van der Waals surface area contributed by atoms with Crippen molar-refractivity contribution in [2.45, 2.75) is 4.90 Å². The Bertz CT molecular complexity index is 1800. The Hall–Kier alpha value is -3.67. The highest BCUT2D eigenvalue weighted by Crippen LogP contribution is 2.30. The predicted molar refractivity (Wildman–Crippen MR) is 139 cm³/mol. The molecule has 9 nitrogen and oxygen atoms in total. The molecule has 0 aliphatic carbocycles. The van der Waals surface area contributed by atoms with Gasteiger partial charge < -0.3 is 15.3 Å². The number of anilines is 2. The molecule has 3 aromatic carbocycles. The summed E-state index contributed by atoms with van der Waals surface area (Å²) in [5, 5.41) is 3.89. The number of hydrogen-bond acceptors (Lipinski definition) is 5. The van der Waals surface area contributed by atoms with E-state index in [0.29, 0.717) is 21.6 Å². The van der Waals surface area contributed by atoms with Crippen molar-refractivity contribution in [1.29, 1.82) is 0 Å². The SMILES string of the molecule is O=C(Nc1ccc2c(Br)ccc(Cl)c2n1)c1ccccc1NS(=O)(=O)c1ccc2[nH]c(=O)[nH]c2c1. The standard InChI is InChI=1S/C23H15BrClN5O4S/c24-15-7-8-16(25)21-13(15)6-10-20(28-21)29-22(31)14-3-1-2-4-17(14)30-35(33,34)12-5-9-18-19(11-12)27-23(32)26-18/h1-11,30H,(H2,26,27,32)(H,28,29,31). The molecule has 0 fully saturated rings. The van der Waals surface area contributed by atoms with Crippen molar-refractivity contribution in [2.24, 2.45) is 0 Å². The first-order chi connectivity index (χ1) is 16.7. The van der Waals surface area contributed by atoms with Crippen LogP contribution in [0.5, 0.6) is 0 Å². The first kappa shape index (κ1) is 23.1. The second kappa shape index (κ2) is 8.84. The van der Waals surface area contributed by atoms with Gasteiger partial charge in [0.05, 0.1) is 37.7 Å². The molecule has 0 bridgehead atoms. The number of H-pyrrole nitrogens is 2. The number of carbonyl (C=O) groups is 1. The van der Waals surface area contributed by atoms with Crippen molar-refractivity contribution in [1.82, 2.24) is 15.0 Å². The average molecular weight is 573 g/mol. The van der Waals surface area contributed by atoms with Crippen molar-refractivity contribution >= 4 is 76.9 Å². The van der Waals surface area contributed by atoms with Gasteiger partial charge in [-0.1, -0.05) is 39.7 Å². The summed E-state index contributed by atoms with van der Waals surface area (Å²) in [5.74, 6) is -0.311. The summed E-state index contributed by atoms with van der Waals surface area (Å²) in [7, 11) is -4.07. The molecule has 0 aliphatic heterocycles. The van der Waals surface area contributed by atoms with Gasteiger partial charge in [-0.2, -0.15) is 0 Å². The first-order valence-electron chi connectivity index (χ1n) is 10.1. The van der Waals surface area contributed by atoms with Gasteiger partial charge >= 0.3 is 5.69 Å². The Balaban J connectivity index is 1.44. The van der Waals surface area contributed by atoms with E-state index in [-0.39, 0.29) is 22.0 Å². The lowest BCUT2D eigenvalue weighted by Crippen LogP contribution is -2.19. The van der Waals surface area contributed by atoms with Gasteiger partial charge in [-0.15, -0.1) is 0 Å². The van der Waals surface area contributed by atoms with Gasteiger partial charge in [0.15, 0.2) is 0 Å². The second-order valence-electron chi connectivity index (χ2n) is 7.51. The molecule has 5 aromatic rings. The molecular formula is C23H15BrClN5O4S. The molecule has 176 valence electrons. The largest absolute Gasteiger partial charge is 0.323 e. The molecule has 5 rings (SSSR count). The zero-order chi connectivity index (χ0) is 24.7. The van der Waals surface area contributed by atoms with Gasteiger partial charge in [0.1, 0.15) is 5.82 Å². The van der Waals surface area contributed by atoms with Crippen molar-refractivity contribution in [3.05, 3.63) is 92.3 Å². The van der Waals surface area contributed by atoms with Crippen molar-refractivity contribution in [3.63, 3.8) is 0 Å². The number of sulfonamides is 1. The van der Waals surface area contributed by atoms with Gasteiger partial charge in [0.25, 0.3) is 15.9 Å². The van der Waals surface area contributed by atoms with Crippen LogP contribution in [0.25, 0.3) is 21.9 Å². The number of carbonyl (C=O) groups excluding carboxylic acids is 1. The van der Waals surface area contributed by atoms with Gasteiger partial charge in [-0.05, 0) is 54.6 Å². The summed E-state index contributed by atoms with van der Waals surface area (Å²) < 4.78 is 29.3. The number of pyridine rings is 1. The van der Waals surface area contributed by atoms with Crippen LogP contribution in [0.1, 0.15) is 10.4 Å². The quantitative estimate of drug-likeness (QED) is 0.238. The zero-order valence-electron chi connectivity index (χ0n) is 17.6. The lowest BCUT2D eigenvalue weighted by atomic mass is 10.1. The number of hydrogen-bond donors (Lipinski definition) is 4. The number of benzene rings is 3. The van der Waals surface area contributed by atoms with E-state index in [1.807, 2.05) is 0 Å². The van der Waals surface area contributed by atoms with E-state index >= 15 is 0 Å². The summed E-state index contributed by atoms with van der Waals surface area (Å²) in [6, 6.07) is 17.3. The fourth-order valence-electron chi connectivity index (χ4n) is 3.55. The number of aromatic nitrogens is 3. The molecule has 0 saturated heterocycles. The molecule has 2 aromatic heterocycles. The number of fused-ring (bicyclic) bond motifs is 2. The fourth-order valence-corrected chi connectivity index (χ4v) is 5.32. The number of amides is 1. The van der Waals surface area contributed by atoms with Gasteiger partial charge in [-0.3, -0.25) is 9.52 Å². The van der Waals surface area contributed by atoms with Crippen LogP contribution in [-0.4, -0.2) is 29.3 Å². The molecule has 12 heteroatoms. The molecule has 0 spiro atoms. The Morgan fingerprint density at radius 2 is 1.74 bits per heavy atom. The molecule has 0 saturated carbocycles. The van der Waals surface area contributed by atoms with E-state index in [1.165, 1.54) is 30.3 Å². The summed E-state index contributed by atoms with van der Waals surface area (Å²) >= 11 is 9.70. The topological polar surface area (TPSA) is 137 Å². The molecule has 0 atom stereocenters. The third-order valence-electron chi connectivity index (χ3n) is 5.21. The smallest absolute Gasteiger partial charge is 0.306 e. The lowest BCUT2D eigenvalue weighted by Gasteiger charge is -2.13. The number of rotatable bonds is 5. The van der Waals surface area contributed by atoms with Crippen molar-refractivity contribution < 1.29 is 13.2 Å². The summed E-state index contributed by atoms with van der Waals surface area (Å²) in [4.78, 5) is 34.0. The van der Waals surface area contributed by atoms with E-state index in [4.69, 9.17) is 11.6 Å². The molecular weight excluding hydrogens is 558 g/mol. The molecule has 4 N–H and O–H groups in total. The highest BCUT2D eigenvalue weighted by molar-refractivity contribution is 9.10. The Labute approximate surface area is 211 Å². The minimum atomic E-state index is -4.07. The van der Waals surface area contributed by atoms with Crippen LogP contribution >= 0.6 is 27.5 Å². The highest BCUT2D eigenvalue weighted by atomic mass is 79.9. The second-order valence-corrected chi connectivity index (χ2v) is 10.5. The third kappa shape index (κ3) is 4.53. The Kier molecular flexibility index (Phi) is 5.83. The Morgan fingerprint density at radius 1 is 0.971 bits per heavy atom. The van der Waals surface area contributed by atoms with Crippen molar-refractivity contribution in [2.75, 3.05) is 10.0 Å². The lowest BCUT2D eigenvalue weighted by molar-refractivity contribution is 0.102. The molecule has 35 heavy (non-hydrogen) atoms. The van der Waals surface area contributed by atoms with Crippen LogP contribution in [0.2, 0.25) is 5.02 Å². The van der Waals surface area contributed by atoms with Crippen LogP contribution in [0.3, 0.4) is 0 Å². The highest BCUT2D eigenvalue weighted by Gasteiger charge is 2.20. The summed E-state index contributed by atoms with van der Waals surface area (Å²) in [6.07, 6.45) is 0. The van der Waals surface area contributed by atoms with E-state index in [0.717, 1.165) is 9.86 Å². The number of imidazole rings is 1. The normalized spacial score (nSPS) is 11.6. The van der Waals surface area contributed by atoms with Crippen LogP contribution in [0, 0.1) is 0 Å². The van der Waals surface area contributed by atoms with Gasteiger partial charge in [-0.25, -0.2) is 18.2 Å². The molecule has 2 heterocycles. The van der Waals surface area contributed by atoms with Crippen LogP contribution in [0.15, 0.2) is 80.9 Å². The van der Waals surface area contributed by atoms with Crippen LogP contribution in [0.4, 0.5) is 11.5 Å². The maximum absolute atomic E-state index is 13.1. The number of para-hydroxylation sites is 1. The number of halogens is 2. The minimum absolute atomic E-state index is 0.0770. The average Bonchev–Trinajstić information content (AvgIpc) is 3.21. The Morgan fingerprint density at radius 3 is 2.57 bits per heavy atom. The molecule has 1 amide bonds. The van der Waals surface area contributed by atoms with E-state index in [2.05, 4.69) is 40.9 Å². The van der Waals surface area contributed by atoms with Crippen LogP contribution in [-0.2, 0) is 10.0 Å². The zero-order valence-corrected chi connectivity index (χ0v) is 20.8. The van der Waals surface area contributed by atoms with E-state index in [1.54, 1.807) is 36.4 Å². The minimum Gasteiger partial charge on any atom is -0.306 e. The molecule has 0 unspecified atom stereocenters. The van der Waals surface area contributed by atoms with Gasteiger partial charge in [0.2, 0.25) is 0 Å². The van der Waals surface area contributed by atoms with E-state index < -0.39 is 21.6 Å². The van der Waals surface area contributed by atoms with Gasteiger partial charge in [0, 0.05) is 9.86 Å². The number of nitrogens with zero attached hydrogens (tertiary/aromatic N) is 1. The van der Waals surface area contributed by atoms with Crippen molar-refractivity contribution in [3.8, 4) is 0 Å². The number of aromatic amines is 2. The predicted octanol–water partition coefficient (Wildman–Crippen LogP) is 4.87. The molecule has 0 aliphatic rings. The summed E-state index contributed by atoms with van der Waals surface area (Å²) in [5.41, 5.74) is 1.05. The third-order valence-corrected chi connectivity index (χ3v) is 7.57. The van der Waals surface area contributed by atoms with Crippen LogP contribution < -0.4 is 15.7 Å². The summed E-state index contributed by atoms with van der Waals surface area (Å²) in [6.45, 7) is 0. The number of nitrogens with one attached hydrogen (secondary N) is 4. The maximum atomic E-state index is 13.1. The maximum Gasteiger partial charge on any atom is 0.323 e. The molecule has 0 radical (unpaired) electrons. The van der Waals surface area contributed by atoms with E-state index in [9.17, 15) is 18.0 Å². The first-order valence-corrected chi connectivity index (χ1v) is 12.8. The monoisotopic (exact) mass is 571 g/mol. The fraction of sp³-hybridized carbons (Fsp3) is 0.